The number of carbonyl (C=O) groups is 2. The monoisotopic (exact) mass is 624 g/mol. The molecule has 1 saturated heterocycles. The van der Waals surface area contributed by atoms with E-state index in [-0.39, 0.29) is 27.9 Å². The zero-order valence-corrected chi connectivity index (χ0v) is 29.6. The quantitative estimate of drug-likeness (QED) is 0.0939. The van der Waals surface area contributed by atoms with Crippen LogP contribution in [0.25, 0.3) is 0 Å². The molecule has 0 aromatic rings. The smallest absolute Gasteiger partial charge is 0.265 e. The third-order valence-corrected chi connectivity index (χ3v) is 8.43. The topological polar surface area (TPSA) is 40.6 Å². The molecule has 1 aliphatic heterocycles. The zero-order valence-electron chi connectivity index (χ0n) is 28.8. The average molecular weight is 625 g/mol. The van der Waals surface area contributed by atoms with Crippen LogP contribution in [0, 0.1) is 5.41 Å². The standard InChI is InChI=1S/C40H52N2O2S/c1-10-41-37(43)35(38(44)42(11-2)39(41)45)26-16-24-32(5)22-14-20-30(3)18-12-13-19-31(4)21-15-23-33(6)27-28-36-34(7)25-17-29-40(36,8)9/h12-16,18-24,26-28H,10-11,17,25,29H2,1-9H3/b13-12+,20-14+,21-15+,24-16+,28-27+,30-18+,31-19+,32-22+,33-23+. The van der Waals surface area contributed by atoms with E-state index in [0.717, 1.165) is 11.1 Å². The molecule has 45 heavy (non-hydrogen) atoms. The fraction of sp³-hybridized carbons (Fsp3) is 0.375. The molecule has 2 aliphatic rings. The van der Waals surface area contributed by atoms with E-state index < -0.39 is 0 Å². The molecular weight excluding hydrogens is 573 g/mol. The Kier molecular flexibility index (Phi) is 15.1. The van der Waals surface area contributed by atoms with Crippen molar-refractivity contribution in [2.45, 2.75) is 81.6 Å². The van der Waals surface area contributed by atoms with Crippen LogP contribution >= 0.6 is 12.2 Å². The van der Waals surface area contributed by atoms with E-state index in [1.807, 2.05) is 57.2 Å². The Morgan fingerprint density at radius 3 is 1.64 bits per heavy atom. The van der Waals surface area contributed by atoms with E-state index in [4.69, 9.17) is 12.2 Å². The van der Waals surface area contributed by atoms with Crippen LogP contribution in [0.1, 0.15) is 81.6 Å². The number of amides is 2. The predicted molar refractivity (Wildman–Crippen MR) is 197 cm³/mol. The van der Waals surface area contributed by atoms with Gasteiger partial charge < -0.3 is 0 Å². The second-order valence-corrected chi connectivity index (χ2v) is 12.7. The summed E-state index contributed by atoms with van der Waals surface area (Å²) in [4.78, 5) is 28.3. The summed E-state index contributed by atoms with van der Waals surface area (Å²) >= 11 is 5.30. The molecule has 0 N–H and O–H groups in total. The summed E-state index contributed by atoms with van der Waals surface area (Å²) in [5.41, 5.74) is 7.94. The molecule has 0 unspecified atom stereocenters. The van der Waals surface area contributed by atoms with Crippen molar-refractivity contribution in [3.63, 3.8) is 0 Å². The van der Waals surface area contributed by atoms with E-state index >= 15 is 0 Å². The molecule has 0 atom stereocenters. The van der Waals surface area contributed by atoms with Crippen LogP contribution < -0.4 is 0 Å². The highest BCUT2D eigenvalue weighted by Crippen LogP contribution is 2.40. The summed E-state index contributed by atoms with van der Waals surface area (Å²) in [6, 6.07) is 0. The molecule has 0 aromatic heterocycles. The van der Waals surface area contributed by atoms with Crippen molar-refractivity contribution >= 4 is 29.1 Å². The van der Waals surface area contributed by atoms with Crippen molar-refractivity contribution in [1.82, 2.24) is 9.80 Å². The summed E-state index contributed by atoms with van der Waals surface area (Å²) in [5, 5.41) is 0.271. The summed E-state index contributed by atoms with van der Waals surface area (Å²) in [6.45, 7) is 19.8. The Morgan fingerprint density at radius 1 is 0.733 bits per heavy atom. The van der Waals surface area contributed by atoms with Gasteiger partial charge in [0.2, 0.25) is 0 Å². The van der Waals surface area contributed by atoms with Crippen molar-refractivity contribution in [2.75, 3.05) is 13.1 Å². The summed E-state index contributed by atoms with van der Waals surface area (Å²) < 4.78 is 0. The van der Waals surface area contributed by atoms with Crippen molar-refractivity contribution in [3.8, 4) is 0 Å². The van der Waals surface area contributed by atoms with E-state index in [0.29, 0.717) is 13.1 Å². The first-order valence-electron chi connectivity index (χ1n) is 16.0. The van der Waals surface area contributed by atoms with Crippen LogP contribution in [0.2, 0.25) is 0 Å². The maximum atomic E-state index is 12.7. The van der Waals surface area contributed by atoms with Gasteiger partial charge in [0.15, 0.2) is 5.11 Å². The third kappa shape index (κ3) is 11.6. The van der Waals surface area contributed by atoms with Crippen LogP contribution in [-0.2, 0) is 9.59 Å². The Balaban J connectivity index is 1.92. The minimum atomic E-state index is -0.347. The van der Waals surface area contributed by atoms with Gasteiger partial charge >= 0.3 is 0 Å². The molecule has 0 saturated carbocycles. The number of thiocarbonyl (C=S) groups is 1. The molecule has 0 radical (unpaired) electrons. The molecule has 0 aromatic carbocycles. The maximum Gasteiger partial charge on any atom is 0.265 e. The molecule has 1 fully saturated rings. The summed E-state index contributed by atoms with van der Waals surface area (Å²) in [5.74, 6) is -0.694. The number of hydrogen-bond acceptors (Lipinski definition) is 3. The van der Waals surface area contributed by atoms with Crippen LogP contribution in [0.5, 0.6) is 0 Å². The Labute approximate surface area is 278 Å². The van der Waals surface area contributed by atoms with E-state index in [2.05, 4.69) is 84.1 Å². The molecule has 0 spiro atoms. The van der Waals surface area contributed by atoms with Gasteiger partial charge in [-0.15, -0.1) is 0 Å². The van der Waals surface area contributed by atoms with Gasteiger partial charge in [0, 0.05) is 13.1 Å². The highest BCUT2D eigenvalue weighted by molar-refractivity contribution is 7.80. The number of allylic oxidation sites excluding steroid dienone is 21. The van der Waals surface area contributed by atoms with Crippen LogP contribution in [0.3, 0.4) is 0 Å². The van der Waals surface area contributed by atoms with Crippen molar-refractivity contribution in [1.29, 1.82) is 0 Å². The first-order chi connectivity index (χ1) is 21.3. The van der Waals surface area contributed by atoms with Gasteiger partial charge in [0.1, 0.15) is 5.57 Å². The maximum absolute atomic E-state index is 12.7. The molecule has 5 heteroatoms. The number of nitrogens with zero attached hydrogens (tertiary/aromatic N) is 2. The lowest BCUT2D eigenvalue weighted by atomic mass is 9.72. The van der Waals surface area contributed by atoms with E-state index in [1.165, 1.54) is 51.4 Å². The van der Waals surface area contributed by atoms with E-state index in [9.17, 15) is 9.59 Å². The SMILES string of the molecule is CCN1C(=O)C(=C/C=C/C(C)=C/C=C/C(C)=C/C=C/C=C(C)/C=C/C=C(C)/C=C/C2=C(C)CCCC2(C)C)C(=O)N(CC)C1=S. The zero-order chi connectivity index (χ0) is 33.6. The van der Waals surface area contributed by atoms with Crippen LogP contribution in [-0.4, -0.2) is 39.8 Å². The average Bonchev–Trinajstić information content (AvgIpc) is 2.97. The minimum absolute atomic E-state index is 0.128. The minimum Gasteiger partial charge on any atom is -0.285 e. The number of rotatable bonds is 12. The molecular formula is C40H52N2O2S. The molecule has 4 nitrogen and oxygen atoms in total. The lowest BCUT2D eigenvalue weighted by Gasteiger charge is -2.35. The van der Waals surface area contributed by atoms with Gasteiger partial charge in [-0.1, -0.05) is 127 Å². The van der Waals surface area contributed by atoms with Crippen LogP contribution in [0.4, 0.5) is 0 Å². The lowest BCUT2D eigenvalue weighted by Crippen LogP contribution is -2.55. The van der Waals surface area contributed by atoms with Crippen molar-refractivity contribution < 1.29 is 9.59 Å². The highest BCUT2D eigenvalue weighted by Gasteiger charge is 2.37. The van der Waals surface area contributed by atoms with Crippen LogP contribution in [0.15, 0.2) is 130 Å². The first-order valence-corrected chi connectivity index (χ1v) is 16.4. The molecule has 2 amide bonds. The van der Waals surface area contributed by atoms with Gasteiger partial charge in [-0.05, 0) is 97.0 Å². The number of likely N-dealkylation sites (N-methyl/N-ethyl adjacent to an activating group) is 2. The fourth-order valence-corrected chi connectivity index (χ4v) is 5.69. The second kappa shape index (κ2) is 18.2. The number of hydrogen-bond donors (Lipinski definition) is 0. The Bertz CT molecular complexity index is 1440. The largest absolute Gasteiger partial charge is 0.285 e. The molecule has 1 heterocycles. The molecule has 2 rings (SSSR count). The molecule has 240 valence electrons. The second-order valence-electron chi connectivity index (χ2n) is 12.3. The van der Waals surface area contributed by atoms with Gasteiger partial charge in [-0.2, -0.15) is 0 Å². The molecule has 0 bridgehead atoms. The first kappa shape index (κ1) is 37.4. The summed E-state index contributed by atoms with van der Waals surface area (Å²) in [6.07, 6.45) is 34.1. The Hall–Kier alpha value is -3.83. The highest BCUT2D eigenvalue weighted by atomic mass is 32.1. The van der Waals surface area contributed by atoms with E-state index in [1.54, 1.807) is 12.2 Å². The molecule has 1 aliphatic carbocycles. The van der Waals surface area contributed by atoms with Gasteiger partial charge in [-0.3, -0.25) is 19.4 Å². The van der Waals surface area contributed by atoms with Gasteiger partial charge in [0.05, 0.1) is 0 Å². The van der Waals surface area contributed by atoms with Gasteiger partial charge in [-0.25, -0.2) is 0 Å². The fourth-order valence-electron chi connectivity index (χ4n) is 5.26. The number of carbonyl (C=O) groups excluding carboxylic acids is 2. The third-order valence-electron chi connectivity index (χ3n) is 7.99. The van der Waals surface area contributed by atoms with Crippen molar-refractivity contribution in [3.05, 3.63) is 130 Å². The lowest BCUT2D eigenvalue weighted by molar-refractivity contribution is -0.133. The summed E-state index contributed by atoms with van der Waals surface area (Å²) in [7, 11) is 0. The Morgan fingerprint density at radius 2 is 1.18 bits per heavy atom. The van der Waals surface area contributed by atoms with Crippen molar-refractivity contribution in [2.24, 2.45) is 5.41 Å². The van der Waals surface area contributed by atoms with Gasteiger partial charge in [0.25, 0.3) is 11.8 Å². The normalized spacial score (nSPS) is 19.8. The predicted octanol–water partition coefficient (Wildman–Crippen LogP) is 10.0.